The average Bonchev–Trinajstić information content (AvgIpc) is 2.88. The quantitative estimate of drug-likeness (QED) is 0.917. The first kappa shape index (κ1) is 13.3. The SMILES string of the molecule is CCN1CCC(CNc2nccn3c(C)nnc23)CC1. The zero-order valence-corrected chi connectivity index (χ0v) is 12.2. The fourth-order valence-electron chi connectivity index (χ4n) is 2.81. The number of aromatic nitrogens is 4. The molecule has 6 heteroatoms. The molecule has 1 fully saturated rings. The molecule has 3 heterocycles. The van der Waals surface area contributed by atoms with Crippen molar-refractivity contribution in [3.63, 3.8) is 0 Å². The highest BCUT2D eigenvalue weighted by molar-refractivity contribution is 5.61. The Labute approximate surface area is 119 Å². The summed E-state index contributed by atoms with van der Waals surface area (Å²) in [4.78, 5) is 6.90. The van der Waals surface area contributed by atoms with Crippen molar-refractivity contribution in [1.29, 1.82) is 0 Å². The van der Waals surface area contributed by atoms with Gasteiger partial charge in [0.05, 0.1) is 0 Å². The van der Waals surface area contributed by atoms with Gasteiger partial charge in [0.1, 0.15) is 5.82 Å². The topological polar surface area (TPSA) is 58.4 Å². The Morgan fingerprint density at radius 3 is 2.85 bits per heavy atom. The second kappa shape index (κ2) is 5.75. The van der Waals surface area contributed by atoms with Crippen LogP contribution in [0.3, 0.4) is 0 Å². The molecule has 1 aliphatic rings. The minimum absolute atomic E-state index is 0.726. The van der Waals surface area contributed by atoms with Crippen LogP contribution >= 0.6 is 0 Å². The second-order valence-electron chi connectivity index (χ2n) is 5.48. The predicted molar refractivity (Wildman–Crippen MR) is 78.8 cm³/mol. The average molecular weight is 274 g/mol. The van der Waals surface area contributed by atoms with Crippen LogP contribution in [0.2, 0.25) is 0 Å². The van der Waals surface area contributed by atoms with Gasteiger partial charge in [0.15, 0.2) is 5.82 Å². The number of piperidine rings is 1. The number of hydrogen-bond donors (Lipinski definition) is 1. The molecule has 0 bridgehead atoms. The maximum Gasteiger partial charge on any atom is 0.203 e. The maximum atomic E-state index is 4.39. The Morgan fingerprint density at radius 2 is 2.10 bits per heavy atom. The molecule has 1 saturated heterocycles. The fourth-order valence-corrected chi connectivity index (χ4v) is 2.81. The standard InChI is InChI=1S/C14H22N6/c1-3-19-7-4-12(5-8-19)10-16-13-14-18-17-11(2)20(14)9-6-15-13/h6,9,12H,3-5,7-8,10H2,1-2H3,(H,15,16). The Morgan fingerprint density at radius 1 is 1.30 bits per heavy atom. The van der Waals surface area contributed by atoms with E-state index in [1.54, 1.807) is 6.20 Å². The van der Waals surface area contributed by atoms with Gasteiger partial charge < -0.3 is 10.2 Å². The molecule has 0 unspecified atom stereocenters. The van der Waals surface area contributed by atoms with Crippen molar-refractivity contribution in [1.82, 2.24) is 24.5 Å². The van der Waals surface area contributed by atoms with Crippen LogP contribution in [0.1, 0.15) is 25.6 Å². The van der Waals surface area contributed by atoms with Crippen LogP contribution in [0.15, 0.2) is 12.4 Å². The molecule has 0 saturated carbocycles. The highest BCUT2D eigenvalue weighted by Crippen LogP contribution is 2.18. The number of likely N-dealkylation sites (tertiary alicyclic amines) is 1. The van der Waals surface area contributed by atoms with Crippen LogP contribution < -0.4 is 5.32 Å². The van der Waals surface area contributed by atoms with Gasteiger partial charge in [-0.1, -0.05) is 6.92 Å². The van der Waals surface area contributed by atoms with E-state index in [-0.39, 0.29) is 0 Å². The molecule has 2 aromatic heterocycles. The van der Waals surface area contributed by atoms with Gasteiger partial charge in [-0.15, -0.1) is 10.2 Å². The summed E-state index contributed by atoms with van der Waals surface area (Å²) >= 11 is 0. The molecule has 20 heavy (non-hydrogen) atoms. The number of fused-ring (bicyclic) bond motifs is 1. The summed E-state index contributed by atoms with van der Waals surface area (Å²) in [6, 6.07) is 0. The lowest BCUT2D eigenvalue weighted by Crippen LogP contribution is -2.35. The normalized spacial score (nSPS) is 17.7. The van der Waals surface area contributed by atoms with Crippen molar-refractivity contribution >= 4 is 11.5 Å². The number of hydrogen-bond acceptors (Lipinski definition) is 5. The van der Waals surface area contributed by atoms with Gasteiger partial charge in [-0.3, -0.25) is 4.40 Å². The Hall–Kier alpha value is -1.69. The molecule has 0 spiro atoms. The molecule has 0 aromatic carbocycles. The van der Waals surface area contributed by atoms with Gasteiger partial charge in [-0.2, -0.15) is 0 Å². The third-order valence-corrected chi connectivity index (χ3v) is 4.21. The number of anilines is 1. The number of nitrogens with one attached hydrogen (secondary N) is 1. The van der Waals surface area contributed by atoms with Crippen LogP contribution in [0.25, 0.3) is 5.65 Å². The molecule has 6 nitrogen and oxygen atoms in total. The maximum absolute atomic E-state index is 4.39. The van der Waals surface area contributed by atoms with E-state index in [9.17, 15) is 0 Å². The Kier molecular flexibility index (Phi) is 3.82. The summed E-state index contributed by atoms with van der Waals surface area (Å²) in [5.74, 6) is 2.46. The molecule has 0 atom stereocenters. The smallest absolute Gasteiger partial charge is 0.203 e. The van der Waals surface area contributed by atoms with Crippen LogP contribution in [-0.4, -0.2) is 50.7 Å². The lowest BCUT2D eigenvalue weighted by molar-refractivity contribution is 0.198. The van der Waals surface area contributed by atoms with Crippen LogP contribution in [0.5, 0.6) is 0 Å². The summed E-state index contributed by atoms with van der Waals surface area (Å²) in [6.07, 6.45) is 6.21. The zero-order valence-electron chi connectivity index (χ0n) is 12.2. The first-order chi connectivity index (χ1) is 9.78. The molecule has 3 rings (SSSR count). The summed E-state index contributed by atoms with van der Waals surface area (Å²) in [5, 5.41) is 11.7. The van der Waals surface area contributed by atoms with Crippen molar-refractivity contribution in [2.45, 2.75) is 26.7 Å². The molecule has 0 radical (unpaired) electrons. The summed E-state index contributed by atoms with van der Waals surface area (Å²) < 4.78 is 1.97. The Bertz CT molecular complexity index is 570. The third-order valence-electron chi connectivity index (χ3n) is 4.21. The van der Waals surface area contributed by atoms with E-state index in [1.165, 1.54) is 32.5 Å². The highest BCUT2D eigenvalue weighted by atomic mass is 15.3. The molecule has 1 N–H and O–H groups in total. The van der Waals surface area contributed by atoms with Crippen LogP contribution in [0.4, 0.5) is 5.82 Å². The summed E-state index contributed by atoms with van der Waals surface area (Å²) in [6.45, 7) is 8.74. The van der Waals surface area contributed by atoms with Crippen molar-refractivity contribution in [3.05, 3.63) is 18.2 Å². The summed E-state index contributed by atoms with van der Waals surface area (Å²) in [5.41, 5.74) is 0.816. The number of rotatable bonds is 4. The van der Waals surface area contributed by atoms with E-state index < -0.39 is 0 Å². The minimum atomic E-state index is 0.726. The predicted octanol–water partition coefficient (Wildman–Crippen LogP) is 1.58. The second-order valence-corrected chi connectivity index (χ2v) is 5.48. The van der Waals surface area contributed by atoms with Gasteiger partial charge in [-0.25, -0.2) is 4.98 Å². The molecule has 0 amide bonds. The van der Waals surface area contributed by atoms with Crippen LogP contribution in [-0.2, 0) is 0 Å². The molecule has 1 aliphatic heterocycles. The molecule has 2 aromatic rings. The van der Waals surface area contributed by atoms with E-state index in [0.717, 1.165) is 29.8 Å². The van der Waals surface area contributed by atoms with E-state index in [2.05, 4.69) is 32.3 Å². The monoisotopic (exact) mass is 274 g/mol. The van der Waals surface area contributed by atoms with Gasteiger partial charge in [0, 0.05) is 18.9 Å². The minimum Gasteiger partial charge on any atom is -0.367 e. The van der Waals surface area contributed by atoms with Gasteiger partial charge >= 0.3 is 0 Å². The Balaban J connectivity index is 1.63. The lowest BCUT2D eigenvalue weighted by atomic mass is 9.97. The first-order valence-electron chi connectivity index (χ1n) is 7.40. The van der Waals surface area contributed by atoms with Gasteiger partial charge in [-0.05, 0) is 45.3 Å². The highest BCUT2D eigenvalue weighted by Gasteiger charge is 2.18. The van der Waals surface area contributed by atoms with E-state index in [1.807, 2.05) is 17.5 Å². The van der Waals surface area contributed by atoms with E-state index in [0.29, 0.717) is 0 Å². The van der Waals surface area contributed by atoms with Crippen LogP contribution in [0, 0.1) is 12.8 Å². The van der Waals surface area contributed by atoms with Crippen molar-refractivity contribution in [2.75, 3.05) is 31.5 Å². The third kappa shape index (κ3) is 2.60. The molecule has 108 valence electrons. The first-order valence-corrected chi connectivity index (χ1v) is 7.40. The van der Waals surface area contributed by atoms with Crippen molar-refractivity contribution in [3.8, 4) is 0 Å². The summed E-state index contributed by atoms with van der Waals surface area (Å²) in [7, 11) is 0. The van der Waals surface area contributed by atoms with Gasteiger partial charge in [0.25, 0.3) is 0 Å². The molecular formula is C14H22N6. The van der Waals surface area contributed by atoms with Crippen molar-refractivity contribution < 1.29 is 0 Å². The lowest BCUT2D eigenvalue weighted by Gasteiger charge is -2.31. The van der Waals surface area contributed by atoms with Gasteiger partial charge in [0.2, 0.25) is 5.65 Å². The zero-order chi connectivity index (χ0) is 13.9. The number of aryl methyl sites for hydroxylation is 1. The fraction of sp³-hybridized carbons (Fsp3) is 0.643. The molecular weight excluding hydrogens is 252 g/mol. The molecule has 0 aliphatic carbocycles. The number of nitrogens with zero attached hydrogens (tertiary/aromatic N) is 5. The largest absolute Gasteiger partial charge is 0.367 e. The van der Waals surface area contributed by atoms with E-state index >= 15 is 0 Å². The van der Waals surface area contributed by atoms with E-state index in [4.69, 9.17) is 0 Å². The van der Waals surface area contributed by atoms with Crippen molar-refractivity contribution in [2.24, 2.45) is 5.92 Å².